The second-order valence-electron chi connectivity index (χ2n) is 5.60. The highest BCUT2D eigenvalue weighted by atomic mass is 16.5. The number of carbonyl (C=O) groups is 1. The van der Waals surface area contributed by atoms with Gasteiger partial charge in [0.15, 0.2) is 5.72 Å². The molecule has 0 saturated carbocycles. The normalized spacial score (nSPS) is 20.0. The summed E-state index contributed by atoms with van der Waals surface area (Å²) < 4.78 is 5.23. The zero-order valence-corrected chi connectivity index (χ0v) is 13.6. The summed E-state index contributed by atoms with van der Waals surface area (Å²) in [7, 11) is 1.56. The molecule has 1 N–H and O–H groups in total. The minimum Gasteiger partial charge on any atom is -0.497 e. The van der Waals surface area contributed by atoms with E-state index in [0.29, 0.717) is 23.3 Å². The molecule has 0 aliphatic carbocycles. The standard InChI is InChI=1S/C18H19N3O3/c1-3-15-11-18(23,14-7-4-8-16(10-14)24-2)21(20-15)17(22)13-6-5-9-19-12-13/h4-10,12,23H,3,11H2,1-2H3/t18-/m0/s1. The maximum atomic E-state index is 12.8. The molecule has 1 aliphatic rings. The van der Waals surface area contributed by atoms with Crippen molar-refractivity contribution < 1.29 is 14.6 Å². The Morgan fingerprint density at radius 3 is 2.88 bits per heavy atom. The van der Waals surface area contributed by atoms with Crippen LogP contribution in [0.1, 0.15) is 35.7 Å². The van der Waals surface area contributed by atoms with Gasteiger partial charge in [-0.2, -0.15) is 10.1 Å². The second-order valence-corrected chi connectivity index (χ2v) is 5.60. The molecular weight excluding hydrogens is 306 g/mol. The lowest BCUT2D eigenvalue weighted by Crippen LogP contribution is -2.43. The predicted octanol–water partition coefficient (Wildman–Crippen LogP) is 2.55. The van der Waals surface area contributed by atoms with Gasteiger partial charge < -0.3 is 9.84 Å². The first-order chi connectivity index (χ1) is 11.6. The lowest BCUT2D eigenvalue weighted by Gasteiger charge is -2.31. The van der Waals surface area contributed by atoms with Crippen LogP contribution in [0.3, 0.4) is 0 Å². The lowest BCUT2D eigenvalue weighted by atomic mass is 9.96. The average Bonchev–Trinajstić information content (AvgIpc) is 3.00. The molecule has 6 heteroatoms. The third kappa shape index (κ3) is 2.76. The van der Waals surface area contributed by atoms with Crippen LogP contribution in [0.4, 0.5) is 0 Å². The Morgan fingerprint density at radius 2 is 2.21 bits per heavy atom. The van der Waals surface area contributed by atoms with Gasteiger partial charge in [-0.1, -0.05) is 19.1 Å². The first kappa shape index (κ1) is 16.1. The van der Waals surface area contributed by atoms with Crippen molar-refractivity contribution in [2.24, 2.45) is 5.10 Å². The molecule has 1 aromatic heterocycles. The Morgan fingerprint density at radius 1 is 1.38 bits per heavy atom. The van der Waals surface area contributed by atoms with Crippen LogP contribution in [0.25, 0.3) is 0 Å². The number of rotatable bonds is 4. The zero-order chi connectivity index (χ0) is 17.2. The maximum absolute atomic E-state index is 12.8. The Balaban J connectivity index is 2.03. The number of carbonyl (C=O) groups excluding carboxylic acids is 1. The minimum atomic E-state index is -1.53. The van der Waals surface area contributed by atoms with Gasteiger partial charge in [0.2, 0.25) is 0 Å². The van der Waals surface area contributed by atoms with Crippen LogP contribution >= 0.6 is 0 Å². The molecule has 1 aliphatic heterocycles. The van der Waals surface area contributed by atoms with Crippen LogP contribution in [0.2, 0.25) is 0 Å². The second kappa shape index (κ2) is 6.41. The van der Waals surface area contributed by atoms with Gasteiger partial charge in [0.25, 0.3) is 5.91 Å². The van der Waals surface area contributed by atoms with Gasteiger partial charge in [-0.3, -0.25) is 9.78 Å². The van der Waals surface area contributed by atoms with E-state index in [2.05, 4.69) is 10.1 Å². The highest BCUT2D eigenvalue weighted by Crippen LogP contribution is 2.38. The number of pyridine rings is 1. The summed E-state index contributed by atoms with van der Waals surface area (Å²) in [5.74, 6) is 0.219. The summed E-state index contributed by atoms with van der Waals surface area (Å²) in [4.78, 5) is 16.8. The first-order valence-electron chi connectivity index (χ1n) is 7.76. The quantitative estimate of drug-likeness (QED) is 0.937. The lowest BCUT2D eigenvalue weighted by molar-refractivity contribution is -0.0766. The number of ether oxygens (including phenoxy) is 1. The Kier molecular flexibility index (Phi) is 4.31. The van der Waals surface area contributed by atoms with Crippen molar-refractivity contribution in [3.63, 3.8) is 0 Å². The van der Waals surface area contributed by atoms with Crippen LogP contribution in [-0.4, -0.2) is 33.8 Å². The number of methoxy groups -OCH3 is 1. The van der Waals surface area contributed by atoms with Crippen molar-refractivity contribution in [1.82, 2.24) is 9.99 Å². The molecular formula is C18H19N3O3. The van der Waals surface area contributed by atoms with Crippen LogP contribution in [-0.2, 0) is 5.72 Å². The third-order valence-corrected chi connectivity index (χ3v) is 4.08. The molecule has 0 fully saturated rings. The summed E-state index contributed by atoms with van der Waals surface area (Å²) in [6, 6.07) is 10.4. The number of aliphatic hydroxyl groups is 1. The van der Waals surface area contributed by atoms with E-state index >= 15 is 0 Å². The smallest absolute Gasteiger partial charge is 0.278 e. The number of hydrogen-bond acceptors (Lipinski definition) is 5. The first-order valence-corrected chi connectivity index (χ1v) is 7.76. The third-order valence-electron chi connectivity index (χ3n) is 4.08. The van der Waals surface area contributed by atoms with Gasteiger partial charge >= 0.3 is 0 Å². The summed E-state index contributed by atoms with van der Waals surface area (Å²) in [6.07, 6.45) is 3.98. The molecule has 0 radical (unpaired) electrons. The van der Waals surface area contributed by atoms with E-state index in [0.717, 1.165) is 10.7 Å². The van der Waals surface area contributed by atoms with E-state index in [-0.39, 0.29) is 6.42 Å². The highest BCUT2D eigenvalue weighted by molar-refractivity contribution is 5.98. The fourth-order valence-electron chi connectivity index (χ4n) is 2.74. The summed E-state index contributed by atoms with van der Waals surface area (Å²) >= 11 is 0. The summed E-state index contributed by atoms with van der Waals surface area (Å²) in [6.45, 7) is 1.95. The largest absolute Gasteiger partial charge is 0.497 e. The number of hydrazone groups is 1. The fourth-order valence-corrected chi connectivity index (χ4v) is 2.74. The molecule has 1 atom stereocenters. The van der Waals surface area contributed by atoms with E-state index in [1.165, 1.54) is 6.20 Å². The monoisotopic (exact) mass is 325 g/mol. The number of nitrogens with zero attached hydrogens (tertiary/aromatic N) is 3. The van der Waals surface area contributed by atoms with Crippen molar-refractivity contribution in [1.29, 1.82) is 0 Å². The molecule has 24 heavy (non-hydrogen) atoms. The number of aromatic nitrogens is 1. The summed E-state index contributed by atoms with van der Waals surface area (Å²) in [5, 5.41) is 16.8. The van der Waals surface area contributed by atoms with E-state index in [4.69, 9.17) is 4.74 Å². The number of benzene rings is 1. The Labute approximate surface area is 140 Å². The number of hydrogen-bond donors (Lipinski definition) is 1. The van der Waals surface area contributed by atoms with Crippen molar-refractivity contribution in [2.75, 3.05) is 7.11 Å². The average molecular weight is 325 g/mol. The molecule has 6 nitrogen and oxygen atoms in total. The van der Waals surface area contributed by atoms with Gasteiger partial charge in [0.1, 0.15) is 5.75 Å². The SMILES string of the molecule is CCC1=NN(C(=O)c2cccnc2)[C@@](O)(c2cccc(OC)c2)C1. The van der Waals surface area contributed by atoms with Crippen molar-refractivity contribution in [2.45, 2.75) is 25.5 Å². The molecule has 3 rings (SSSR count). The van der Waals surface area contributed by atoms with Crippen LogP contribution in [0, 0.1) is 0 Å². The molecule has 0 unspecified atom stereocenters. The van der Waals surface area contributed by atoms with Gasteiger partial charge in [0, 0.05) is 30.1 Å². The maximum Gasteiger partial charge on any atom is 0.278 e. The van der Waals surface area contributed by atoms with Crippen molar-refractivity contribution >= 4 is 11.6 Å². The van der Waals surface area contributed by atoms with Gasteiger partial charge in [-0.25, -0.2) is 0 Å². The molecule has 0 spiro atoms. The van der Waals surface area contributed by atoms with E-state index in [9.17, 15) is 9.90 Å². The molecule has 2 aromatic rings. The Bertz CT molecular complexity index is 776. The number of amides is 1. The van der Waals surface area contributed by atoms with Gasteiger partial charge in [0.05, 0.1) is 12.7 Å². The topological polar surface area (TPSA) is 75.0 Å². The van der Waals surface area contributed by atoms with E-state index in [1.54, 1.807) is 49.7 Å². The van der Waals surface area contributed by atoms with Crippen LogP contribution in [0.5, 0.6) is 5.75 Å². The van der Waals surface area contributed by atoms with Crippen molar-refractivity contribution in [3.05, 3.63) is 59.9 Å². The van der Waals surface area contributed by atoms with Gasteiger partial charge in [-0.05, 0) is 30.7 Å². The van der Waals surface area contributed by atoms with Crippen LogP contribution in [0.15, 0.2) is 53.9 Å². The van der Waals surface area contributed by atoms with Crippen molar-refractivity contribution in [3.8, 4) is 5.75 Å². The van der Waals surface area contributed by atoms with Gasteiger partial charge in [-0.15, -0.1) is 0 Å². The molecule has 2 heterocycles. The highest BCUT2D eigenvalue weighted by Gasteiger charge is 2.45. The molecule has 124 valence electrons. The summed E-state index contributed by atoms with van der Waals surface area (Å²) in [5.41, 5.74) is 0.163. The fraction of sp³-hybridized carbons (Fsp3) is 0.278. The Hall–Kier alpha value is -2.73. The van der Waals surface area contributed by atoms with E-state index < -0.39 is 11.6 Å². The van der Waals surface area contributed by atoms with Crippen LogP contribution < -0.4 is 4.74 Å². The molecule has 1 amide bonds. The predicted molar refractivity (Wildman–Crippen MR) is 89.6 cm³/mol. The van der Waals surface area contributed by atoms with E-state index in [1.807, 2.05) is 6.92 Å². The molecule has 0 saturated heterocycles. The zero-order valence-electron chi connectivity index (χ0n) is 13.6. The molecule has 1 aromatic carbocycles. The minimum absolute atomic E-state index is 0.267. The molecule has 0 bridgehead atoms.